The summed E-state index contributed by atoms with van der Waals surface area (Å²) >= 11 is 0. The van der Waals surface area contributed by atoms with Crippen LogP contribution in [-0.4, -0.2) is 59.4 Å². The molecular weight excluding hydrogens is 404 g/mol. The Labute approximate surface area is 179 Å². The molecule has 8 N–H and O–H groups in total. The average Bonchev–Trinajstić information content (AvgIpc) is 3.16. The molecule has 1 fully saturated rings. The number of hydrogen-bond acceptors (Lipinski definition) is 5. The molecule has 1 aromatic rings. The van der Waals surface area contributed by atoms with E-state index in [-0.39, 0.29) is 37.7 Å². The van der Waals surface area contributed by atoms with Crippen LogP contribution in [0.1, 0.15) is 31.2 Å². The largest absolute Gasteiger partial charge is 0.480 e. The zero-order valence-electron chi connectivity index (χ0n) is 17.0. The fourth-order valence-corrected chi connectivity index (χ4v) is 3.18. The Balaban J connectivity index is 2.06. The minimum absolute atomic E-state index is 0.0967. The number of nitrogens with two attached hydrogens (primary N) is 2. The molecule has 11 nitrogen and oxygen atoms in total. The van der Waals surface area contributed by atoms with Crippen molar-refractivity contribution in [3.05, 3.63) is 35.9 Å². The van der Waals surface area contributed by atoms with Crippen LogP contribution in [0.5, 0.6) is 0 Å². The van der Waals surface area contributed by atoms with Gasteiger partial charge in [0.15, 0.2) is 5.96 Å². The van der Waals surface area contributed by atoms with Crippen LogP contribution in [0, 0.1) is 0 Å². The van der Waals surface area contributed by atoms with Crippen molar-refractivity contribution in [1.82, 2.24) is 16.0 Å². The zero-order valence-corrected chi connectivity index (χ0v) is 17.0. The molecule has 1 aliphatic heterocycles. The molecule has 0 saturated carbocycles. The van der Waals surface area contributed by atoms with Crippen LogP contribution in [0.25, 0.3) is 0 Å². The molecule has 1 heterocycles. The van der Waals surface area contributed by atoms with Crippen molar-refractivity contribution < 1.29 is 24.3 Å². The molecule has 168 valence electrons. The van der Waals surface area contributed by atoms with Gasteiger partial charge >= 0.3 is 5.97 Å². The molecule has 11 heteroatoms. The summed E-state index contributed by atoms with van der Waals surface area (Å²) in [5.41, 5.74) is 11.3. The van der Waals surface area contributed by atoms with Crippen LogP contribution in [0.4, 0.5) is 0 Å². The lowest BCUT2D eigenvalue weighted by Crippen LogP contribution is -2.55. The predicted molar refractivity (Wildman–Crippen MR) is 113 cm³/mol. The highest BCUT2D eigenvalue weighted by atomic mass is 16.4. The number of benzene rings is 1. The number of aliphatic imine (C=N–C) groups is 1. The molecule has 0 bridgehead atoms. The van der Waals surface area contributed by atoms with E-state index in [1.807, 2.05) is 6.07 Å². The molecule has 1 saturated heterocycles. The minimum atomic E-state index is -1.20. The zero-order chi connectivity index (χ0) is 22.8. The predicted octanol–water partition coefficient (Wildman–Crippen LogP) is -1.38. The number of hydrogen-bond donors (Lipinski definition) is 6. The maximum Gasteiger partial charge on any atom is 0.326 e. The lowest BCUT2D eigenvalue weighted by atomic mass is 10.0. The van der Waals surface area contributed by atoms with Crippen molar-refractivity contribution in [2.24, 2.45) is 16.5 Å². The van der Waals surface area contributed by atoms with Gasteiger partial charge in [-0.15, -0.1) is 0 Å². The number of carboxylic acid groups (broad SMARTS) is 1. The first-order chi connectivity index (χ1) is 14.8. The monoisotopic (exact) mass is 432 g/mol. The van der Waals surface area contributed by atoms with Crippen molar-refractivity contribution in [3.63, 3.8) is 0 Å². The van der Waals surface area contributed by atoms with Gasteiger partial charge in [-0.1, -0.05) is 30.3 Å². The van der Waals surface area contributed by atoms with Crippen molar-refractivity contribution in [3.8, 4) is 0 Å². The Morgan fingerprint density at radius 2 is 1.87 bits per heavy atom. The van der Waals surface area contributed by atoms with E-state index >= 15 is 0 Å². The van der Waals surface area contributed by atoms with Crippen molar-refractivity contribution in [2.45, 2.75) is 50.2 Å². The lowest BCUT2D eigenvalue weighted by Gasteiger charge is -2.23. The Morgan fingerprint density at radius 3 is 2.45 bits per heavy atom. The summed E-state index contributed by atoms with van der Waals surface area (Å²) in [6, 6.07) is 6.13. The van der Waals surface area contributed by atoms with E-state index in [2.05, 4.69) is 20.9 Å². The van der Waals surface area contributed by atoms with Crippen molar-refractivity contribution in [2.75, 3.05) is 6.54 Å². The molecule has 3 atom stereocenters. The topological polar surface area (TPSA) is 189 Å². The molecule has 2 rings (SSSR count). The third-order valence-corrected chi connectivity index (χ3v) is 4.79. The summed E-state index contributed by atoms with van der Waals surface area (Å²) in [6.45, 7) is 0.230. The number of aliphatic carboxylic acids is 1. The van der Waals surface area contributed by atoms with E-state index in [1.54, 1.807) is 24.3 Å². The number of carbonyl (C=O) groups excluding carboxylic acids is 3. The van der Waals surface area contributed by atoms with Gasteiger partial charge in [0.25, 0.3) is 0 Å². The van der Waals surface area contributed by atoms with Gasteiger partial charge in [-0.3, -0.25) is 19.4 Å². The van der Waals surface area contributed by atoms with Gasteiger partial charge in [0.05, 0.1) is 0 Å². The van der Waals surface area contributed by atoms with E-state index in [4.69, 9.17) is 11.5 Å². The summed E-state index contributed by atoms with van der Waals surface area (Å²) in [6.07, 6.45) is 1.21. The lowest BCUT2D eigenvalue weighted by molar-refractivity contribution is -0.142. The summed E-state index contributed by atoms with van der Waals surface area (Å²) in [5.74, 6) is -2.64. The van der Waals surface area contributed by atoms with E-state index < -0.39 is 35.9 Å². The number of carbonyl (C=O) groups is 4. The minimum Gasteiger partial charge on any atom is -0.480 e. The Hall–Kier alpha value is -3.63. The number of nitrogens with one attached hydrogen (secondary N) is 3. The molecular formula is C20H28N6O5. The number of guanidine groups is 1. The fourth-order valence-electron chi connectivity index (χ4n) is 3.18. The van der Waals surface area contributed by atoms with Crippen molar-refractivity contribution in [1.29, 1.82) is 0 Å². The highest BCUT2D eigenvalue weighted by molar-refractivity contribution is 5.95. The second kappa shape index (κ2) is 11.5. The molecule has 0 aliphatic carbocycles. The van der Waals surface area contributed by atoms with Gasteiger partial charge in [-0.2, -0.15) is 0 Å². The first kappa shape index (κ1) is 23.6. The summed E-state index contributed by atoms with van der Waals surface area (Å²) in [7, 11) is 0. The second-order valence-corrected chi connectivity index (χ2v) is 7.26. The standard InChI is InChI=1S/C20H28N6O5/c21-20(22)23-10-4-7-14(19(30)31)25-18(29)15(11-12-5-2-1-3-6-12)26-17(28)13-8-9-16(27)24-13/h1-3,5-6,13-15H,4,7-11H2,(H,24,27)(H,25,29)(H,26,28)(H,30,31)(H4,21,22,23). The van der Waals surface area contributed by atoms with Crippen LogP contribution >= 0.6 is 0 Å². The van der Waals surface area contributed by atoms with Crippen LogP contribution in [-0.2, 0) is 25.6 Å². The van der Waals surface area contributed by atoms with Gasteiger partial charge in [0.1, 0.15) is 18.1 Å². The van der Waals surface area contributed by atoms with Crippen molar-refractivity contribution >= 4 is 29.7 Å². The van der Waals surface area contributed by atoms with Crippen LogP contribution < -0.4 is 27.4 Å². The van der Waals surface area contributed by atoms with E-state index in [0.717, 1.165) is 5.56 Å². The summed E-state index contributed by atoms with van der Waals surface area (Å²) in [4.78, 5) is 52.2. The highest BCUT2D eigenvalue weighted by Crippen LogP contribution is 2.09. The first-order valence-corrected chi connectivity index (χ1v) is 9.98. The molecule has 31 heavy (non-hydrogen) atoms. The third-order valence-electron chi connectivity index (χ3n) is 4.79. The number of carboxylic acids is 1. The van der Waals surface area contributed by atoms with Gasteiger partial charge in [-0.25, -0.2) is 4.79 Å². The van der Waals surface area contributed by atoms with E-state index in [1.165, 1.54) is 0 Å². The molecule has 1 aromatic carbocycles. The average molecular weight is 432 g/mol. The number of amides is 3. The molecule has 1 aliphatic rings. The molecule has 0 radical (unpaired) electrons. The third kappa shape index (κ3) is 7.96. The smallest absolute Gasteiger partial charge is 0.326 e. The van der Waals surface area contributed by atoms with Gasteiger partial charge in [0, 0.05) is 19.4 Å². The molecule has 3 amide bonds. The second-order valence-electron chi connectivity index (χ2n) is 7.26. The fraction of sp³-hybridized carbons (Fsp3) is 0.450. The van der Waals surface area contributed by atoms with Gasteiger partial charge in [-0.05, 0) is 24.8 Å². The number of rotatable bonds is 11. The van der Waals surface area contributed by atoms with Crippen LogP contribution in [0.3, 0.4) is 0 Å². The number of nitrogens with zero attached hydrogens (tertiary/aromatic N) is 1. The molecule has 0 aromatic heterocycles. The maximum absolute atomic E-state index is 12.9. The van der Waals surface area contributed by atoms with Gasteiger partial charge < -0.3 is 32.5 Å². The van der Waals surface area contributed by atoms with Crippen LogP contribution in [0.2, 0.25) is 0 Å². The SMILES string of the molecule is NC(N)=NCCCC(NC(=O)C(Cc1ccccc1)NC(=O)C1CCC(=O)N1)C(=O)O. The maximum atomic E-state index is 12.9. The van der Waals surface area contributed by atoms with E-state index in [9.17, 15) is 24.3 Å². The molecule has 3 unspecified atom stereocenters. The van der Waals surface area contributed by atoms with Gasteiger partial charge in [0.2, 0.25) is 17.7 Å². The highest BCUT2D eigenvalue weighted by Gasteiger charge is 2.32. The first-order valence-electron chi connectivity index (χ1n) is 9.98. The Morgan fingerprint density at radius 1 is 1.16 bits per heavy atom. The van der Waals surface area contributed by atoms with E-state index in [0.29, 0.717) is 12.8 Å². The van der Waals surface area contributed by atoms with Crippen LogP contribution in [0.15, 0.2) is 35.3 Å². The molecule has 0 spiro atoms. The Bertz CT molecular complexity index is 825. The quantitative estimate of drug-likeness (QED) is 0.141. The Kier molecular flexibility index (Phi) is 8.79. The normalized spacial score (nSPS) is 17.2. The summed E-state index contributed by atoms with van der Waals surface area (Å²) in [5, 5.41) is 17.1. The summed E-state index contributed by atoms with van der Waals surface area (Å²) < 4.78 is 0.